The van der Waals surface area contributed by atoms with Gasteiger partial charge in [0.1, 0.15) is 0 Å². The zero-order chi connectivity index (χ0) is 11.1. The molecule has 1 N–H and O–H groups in total. The van der Waals surface area contributed by atoms with Gasteiger partial charge in [-0.15, -0.1) is 0 Å². The van der Waals surface area contributed by atoms with Crippen molar-refractivity contribution >= 4 is 0 Å². The molecule has 0 bridgehead atoms. The number of methoxy groups -OCH3 is 1. The number of rotatable bonds is 6. The van der Waals surface area contributed by atoms with Gasteiger partial charge in [0.05, 0.1) is 0 Å². The summed E-state index contributed by atoms with van der Waals surface area (Å²) in [6.07, 6.45) is 6.78. The van der Waals surface area contributed by atoms with E-state index in [1.54, 1.807) is 0 Å². The molecule has 1 rings (SSSR count). The van der Waals surface area contributed by atoms with E-state index in [4.69, 9.17) is 4.74 Å². The minimum Gasteiger partial charge on any atom is -0.384 e. The first-order valence-corrected chi connectivity index (χ1v) is 6.52. The minimum atomic E-state index is 0.699. The Morgan fingerprint density at radius 1 is 1.33 bits per heavy atom. The normalized spacial score (nSPS) is 29.0. The van der Waals surface area contributed by atoms with Crippen molar-refractivity contribution in [3.05, 3.63) is 0 Å². The maximum Gasteiger partial charge on any atom is 0.0491 e. The van der Waals surface area contributed by atoms with Gasteiger partial charge in [0.15, 0.2) is 0 Å². The van der Waals surface area contributed by atoms with Crippen LogP contribution in [-0.2, 0) is 4.74 Å². The van der Waals surface area contributed by atoms with Crippen molar-refractivity contribution in [1.29, 1.82) is 0 Å². The average molecular weight is 213 g/mol. The molecule has 0 saturated heterocycles. The lowest BCUT2D eigenvalue weighted by Gasteiger charge is -2.36. The molecule has 2 heteroatoms. The monoisotopic (exact) mass is 213 g/mol. The Kier molecular flexibility index (Phi) is 6.26. The summed E-state index contributed by atoms with van der Waals surface area (Å²) >= 11 is 0. The highest BCUT2D eigenvalue weighted by molar-refractivity contribution is 4.83. The quantitative estimate of drug-likeness (QED) is 0.732. The van der Waals surface area contributed by atoms with E-state index in [1.165, 1.54) is 38.6 Å². The molecule has 0 aromatic carbocycles. The van der Waals surface area contributed by atoms with Gasteiger partial charge in [0.25, 0.3) is 0 Å². The van der Waals surface area contributed by atoms with Gasteiger partial charge < -0.3 is 10.1 Å². The maximum atomic E-state index is 5.28. The molecule has 0 radical (unpaired) electrons. The second-order valence-corrected chi connectivity index (χ2v) is 4.94. The molecule has 1 aliphatic carbocycles. The molecule has 0 aliphatic heterocycles. The fraction of sp³-hybridized carbons (Fsp3) is 1.00. The Bertz CT molecular complexity index is 161. The minimum absolute atomic E-state index is 0.699. The van der Waals surface area contributed by atoms with Crippen LogP contribution in [0.15, 0.2) is 0 Å². The lowest BCUT2D eigenvalue weighted by atomic mass is 9.77. The van der Waals surface area contributed by atoms with E-state index in [2.05, 4.69) is 19.2 Å². The van der Waals surface area contributed by atoms with Crippen LogP contribution in [-0.4, -0.2) is 26.3 Å². The Morgan fingerprint density at radius 2 is 2.07 bits per heavy atom. The molecule has 1 saturated carbocycles. The van der Waals surface area contributed by atoms with Gasteiger partial charge in [-0.05, 0) is 37.6 Å². The van der Waals surface area contributed by atoms with E-state index in [0.717, 1.165) is 18.6 Å². The van der Waals surface area contributed by atoms with Gasteiger partial charge in [0, 0.05) is 19.8 Å². The Labute approximate surface area is 94.8 Å². The van der Waals surface area contributed by atoms with Crippen LogP contribution in [0.2, 0.25) is 0 Å². The van der Waals surface area contributed by atoms with Crippen molar-refractivity contribution in [3.8, 4) is 0 Å². The average Bonchev–Trinajstić information content (AvgIpc) is 2.27. The largest absolute Gasteiger partial charge is 0.384 e. The highest BCUT2D eigenvalue weighted by Crippen LogP contribution is 2.30. The fourth-order valence-corrected chi connectivity index (χ4v) is 2.81. The summed E-state index contributed by atoms with van der Waals surface area (Å²) in [5, 5.41) is 3.71. The van der Waals surface area contributed by atoms with Gasteiger partial charge in [-0.25, -0.2) is 0 Å². The van der Waals surface area contributed by atoms with Crippen molar-refractivity contribution in [1.82, 2.24) is 5.32 Å². The summed E-state index contributed by atoms with van der Waals surface area (Å²) in [4.78, 5) is 0. The van der Waals surface area contributed by atoms with Crippen LogP contribution in [0.5, 0.6) is 0 Å². The van der Waals surface area contributed by atoms with Crippen LogP contribution in [0.25, 0.3) is 0 Å². The van der Waals surface area contributed by atoms with Gasteiger partial charge >= 0.3 is 0 Å². The summed E-state index contributed by atoms with van der Waals surface area (Å²) in [6.45, 7) is 6.65. The van der Waals surface area contributed by atoms with Crippen LogP contribution in [0.3, 0.4) is 0 Å². The zero-order valence-electron chi connectivity index (χ0n) is 10.6. The van der Waals surface area contributed by atoms with Crippen LogP contribution in [0, 0.1) is 11.8 Å². The lowest BCUT2D eigenvalue weighted by Crippen LogP contribution is -2.42. The molecule has 15 heavy (non-hydrogen) atoms. The van der Waals surface area contributed by atoms with Crippen molar-refractivity contribution in [2.45, 2.75) is 52.0 Å². The second-order valence-electron chi connectivity index (χ2n) is 4.94. The van der Waals surface area contributed by atoms with E-state index in [1.807, 2.05) is 7.11 Å². The number of nitrogens with one attached hydrogen (secondary N) is 1. The maximum absolute atomic E-state index is 5.28. The van der Waals surface area contributed by atoms with Crippen molar-refractivity contribution in [3.63, 3.8) is 0 Å². The van der Waals surface area contributed by atoms with Gasteiger partial charge in [-0.3, -0.25) is 0 Å². The van der Waals surface area contributed by atoms with Crippen molar-refractivity contribution < 1.29 is 4.74 Å². The van der Waals surface area contributed by atoms with Gasteiger partial charge in [-0.1, -0.05) is 26.7 Å². The van der Waals surface area contributed by atoms with Gasteiger partial charge in [-0.2, -0.15) is 0 Å². The molecule has 3 unspecified atom stereocenters. The first-order valence-electron chi connectivity index (χ1n) is 6.52. The molecule has 90 valence electrons. The third-order valence-electron chi connectivity index (χ3n) is 3.64. The van der Waals surface area contributed by atoms with E-state index in [0.29, 0.717) is 5.92 Å². The molecule has 0 heterocycles. The Hall–Kier alpha value is -0.0800. The van der Waals surface area contributed by atoms with E-state index in [9.17, 15) is 0 Å². The molecule has 1 fully saturated rings. The standard InChI is InChI=1S/C13H27NO/c1-4-9-14-13-8-6-5-7-12(13)11(2)10-15-3/h11-14H,4-10H2,1-3H3. The summed E-state index contributed by atoms with van der Waals surface area (Å²) in [6, 6.07) is 0.740. The highest BCUT2D eigenvalue weighted by atomic mass is 16.5. The molecular weight excluding hydrogens is 186 g/mol. The third-order valence-corrected chi connectivity index (χ3v) is 3.64. The zero-order valence-corrected chi connectivity index (χ0v) is 10.6. The molecule has 0 spiro atoms. The summed E-state index contributed by atoms with van der Waals surface area (Å²) < 4.78 is 5.28. The van der Waals surface area contributed by atoms with E-state index < -0.39 is 0 Å². The third kappa shape index (κ3) is 4.12. The fourth-order valence-electron chi connectivity index (χ4n) is 2.81. The number of hydrogen-bond donors (Lipinski definition) is 1. The van der Waals surface area contributed by atoms with Crippen molar-refractivity contribution in [2.24, 2.45) is 11.8 Å². The van der Waals surface area contributed by atoms with Crippen LogP contribution < -0.4 is 5.32 Å². The van der Waals surface area contributed by atoms with Crippen LogP contribution >= 0.6 is 0 Å². The molecule has 0 aromatic heterocycles. The van der Waals surface area contributed by atoms with E-state index in [-0.39, 0.29) is 0 Å². The molecule has 3 atom stereocenters. The number of hydrogen-bond acceptors (Lipinski definition) is 2. The molecule has 1 aliphatic rings. The first kappa shape index (κ1) is 13.0. The first-order chi connectivity index (χ1) is 7.29. The topological polar surface area (TPSA) is 21.3 Å². The second kappa shape index (κ2) is 7.24. The predicted octanol–water partition coefficient (Wildman–Crippen LogP) is 2.83. The Morgan fingerprint density at radius 3 is 2.73 bits per heavy atom. The Balaban J connectivity index is 2.41. The van der Waals surface area contributed by atoms with E-state index >= 15 is 0 Å². The highest BCUT2D eigenvalue weighted by Gasteiger charge is 2.28. The van der Waals surface area contributed by atoms with Crippen LogP contribution in [0.1, 0.15) is 46.0 Å². The summed E-state index contributed by atoms with van der Waals surface area (Å²) in [5.74, 6) is 1.52. The molecular formula is C13H27NO. The number of ether oxygens (including phenoxy) is 1. The lowest BCUT2D eigenvalue weighted by molar-refractivity contribution is 0.0961. The van der Waals surface area contributed by atoms with Crippen molar-refractivity contribution in [2.75, 3.05) is 20.3 Å². The van der Waals surface area contributed by atoms with Crippen LogP contribution in [0.4, 0.5) is 0 Å². The predicted molar refractivity (Wildman–Crippen MR) is 65.1 cm³/mol. The smallest absolute Gasteiger partial charge is 0.0491 e. The molecule has 2 nitrogen and oxygen atoms in total. The summed E-state index contributed by atoms with van der Waals surface area (Å²) in [7, 11) is 1.81. The summed E-state index contributed by atoms with van der Waals surface area (Å²) in [5.41, 5.74) is 0. The SMILES string of the molecule is CCCNC1CCCCC1C(C)COC. The molecule has 0 aromatic rings. The van der Waals surface area contributed by atoms with Gasteiger partial charge in [0.2, 0.25) is 0 Å². The molecule has 0 amide bonds.